The Labute approximate surface area is 148 Å². The third kappa shape index (κ3) is 3.96. The number of aromatic nitrogens is 2. The summed E-state index contributed by atoms with van der Waals surface area (Å²) in [5.41, 5.74) is 8.73. The molecule has 2 N–H and O–H groups in total. The Morgan fingerprint density at radius 2 is 2.04 bits per heavy atom. The average Bonchev–Trinajstić information content (AvgIpc) is 2.62. The Kier molecular flexibility index (Phi) is 5.28. The van der Waals surface area contributed by atoms with Crippen LogP contribution in [0.2, 0.25) is 0 Å². The van der Waals surface area contributed by atoms with E-state index in [1.54, 1.807) is 6.20 Å². The Morgan fingerprint density at radius 3 is 2.76 bits per heavy atom. The Bertz CT molecular complexity index is 732. The largest absolute Gasteiger partial charge is 0.368 e. The first kappa shape index (κ1) is 17.4. The van der Waals surface area contributed by atoms with E-state index in [2.05, 4.69) is 9.97 Å². The van der Waals surface area contributed by atoms with E-state index in [4.69, 9.17) is 5.73 Å². The number of rotatable bonds is 4. The number of nitrogens with two attached hydrogens (primary N) is 1. The van der Waals surface area contributed by atoms with Crippen molar-refractivity contribution in [2.45, 2.75) is 25.3 Å². The summed E-state index contributed by atoms with van der Waals surface area (Å²) in [6.45, 7) is 1.16. The van der Waals surface area contributed by atoms with Crippen LogP contribution in [-0.4, -0.2) is 52.9 Å². The fourth-order valence-electron chi connectivity index (χ4n) is 3.38. The van der Waals surface area contributed by atoms with Gasteiger partial charge in [-0.1, -0.05) is 30.3 Å². The van der Waals surface area contributed by atoms with Gasteiger partial charge in [0.25, 0.3) is 0 Å². The molecule has 0 aliphatic carbocycles. The van der Waals surface area contributed by atoms with E-state index in [1.807, 2.05) is 54.2 Å². The lowest BCUT2D eigenvalue weighted by atomic mass is 9.93. The number of nitrogens with zero attached hydrogens (tertiary/aromatic N) is 4. The van der Waals surface area contributed by atoms with Gasteiger partial charge in [-0.25, -0.2) is 9.97 Å². The highest BCUT2D eigenvalue weighted by atomic mass is 16.2. The maximum Gasteiger partial charge on any atom is 0.237 e. The Morgan fingerprint density at radius 1 is 1.28 bits per heavy atom. The fourth-order valence-corrected chi connectivity index (χ4v) is 3.38. The molecule has 1 saturated heterocycles. The monoisotopic (exact) mass is 339 g/mol. The normalized spacial score (nSPS) is 17.7. The molecule has 6 nitrogen and oxygen atoms in total. The second kappa shape index (κ2) is 7.61. The molecular weight excluding hydrogens is 314 g/mol. The number of likely N-dealkylation sites (tertiary alicyclic amines) is 1. The van der Waals surface area contributed by atoms with Gasteiger partial charge in [0.05, 0.1) is 18.3 Å². The molecule has 0 spiro atoms. The second-order valence-corrected chi connectivity index (χ2v) is 6.73. The summed E-state index contributed by atoms with van der Waals surface area (Å²) < 4.78 is 0. The third-order valence-electron chi connectivity index (χ3n) is 4.51. The minimum atomic E-state index is -0.0540. The van der Waals surface area contributed by atoms with Crippen LogP contribution in [0.3, 0.4) is 0 Å². The van der Waals surface area contributed by atoms with E-state index >= 15 is 0 Å². The van der Waals surface area contributed by atoms with Crippen molar-refractivity contribution >= 4 is 11.9 Å². The van der Waals surface area contributed by atoms with Gasteiger partial charge >= 0.3 is 0 Å². The predicted molar refractivity (Wildman–Crippen MR) is 98.7 cm³/mol. The lowest BCUT2D eigenvalue weighted by Gasteiger charge is -2.37. The van der Waals surface area contributed by atoms with Gasteiger partial charge in [0.2, 0.25) is 11.9 Å². The quantitative estimate of drug-likeness (QED) is 0.925. The molecule has 1 aromatic carbocycles. The van der Waals surface area contributed by atoms with Crippen molar-refractivity contribution in [2.75, 3.05) is 32.9 Å². The molecule has 1 amide bonds. The molecule has 1 aromatic heterocycles. The SMILES string of the molecule is CN(C)CC(=O)N1CCCCC1c1nc(N)ncc1-c1ccccc1. The van der Waals surface area contributed by atoms with Crippen LogP contribution in [0.4, 0.5) is 5.95 Å². The molecule has 1 aliphatic heterocycles. The first-order chi connectivity index (χ1) is 12.1. The Balaban J connectivity index is 2.01. The predicted octanol–water partition coefficient (Wildman–Crippen LogP) is 2.34. The van der Waals surface area contributed by atoms with Crippen molar-refractivity contribution in [3.8, 4) is 11.1 Å². The number of anilines is 1. The maximum absolute atomic E-state index is 12.7. The van der Waals surface area contributed by atoms with Gasteiger partial charge in [-0.2, -0.15) is 0 Å². The van der Waals surface area contributed by atoms with Crippen LogP contribution in [0.15, 0.2) is 36.5 Å². The second-order valence-electron chi connectivity index (χ2n) is 6.73. The van der Waals surface area contributed by atoms with Crippen LogP contribution in [0.1, 0.15) is 31.0 Å². The summed E-state index contributed by atoms with van der Waals surface area (Å²) in [5, 5.41) is 0. The van der Waals surface area contributed by atoms with E-state index in [9.17, 15) is 4.79 Å². The smallest absolute Gasteiger partial charge is 0.237 e. The highest BCUT2D eigenvalue weighted by Gasteiger charge is 2.31. The topological polar surface area (TPSA) is 75.4 Å². The molecule has 0 radical (unpaired) electrons. The van der Waals surface area contributed by atoms with Gasteiger partial charge in [0, 0.05) is 18.3 Å². The van der Waals surface area contributed by atoms with E-state index in [-0.39, 0.29) is 17.9 Å². The minimum Gasteiger partial charge on any atom is -0.368 e. The molecule has 2 aromatic rings. The molecule has 25 heavy (non-hydrogen) atoms. The molecule has 0 bridgehead atoms. The van der Waals surface area contributed by atoms with E-state index in [0.29, 0.717) is 6.54 Å². The first-order valence-corrected chi connectivity index (χ1v) is 8.68. The summed E-state index contributed by atoms with van der Waals surface area (Å²) in [6.07, 6.45) is 4.77. The first-order valence-electron chi connectivity index (χ1n) is 8.68. The van der Waals surface area contributed by atoms with E-state index in [1.165, 1.54) is 0 Å². The van der Waals surface area contributed by atoms with Gasteiger partial charge < -0.3 is 15.5 Å². The van der Waals surface area contributed by atoms with Gasteiger partial charge in [-0.3, -0.25) is 4.79 Å². The number of benzene rings is 1. The molecule has 1 atom stereocenters. The van der Waals surface area contributed by atoms with Crippen molar-refractivity contribution in [3.05, 3.63) is 42.2 Å². The number of amides is 1. The standard InChI is InChI=1S/C19H25N5O/c1-23(2)13-17(25)24-11-7-6-10-16(24)18-15(12-21-19(20)22-18)14-8-4-3-5-9-14/h3-5,8-9,12,16H,6-7,10-11,13H2,1-2H3,(H2,20,21,22). The summed E-state index contributed by atoms with van der Waals surface area (Å²) in [4.78, 5) is 25.3. The molecule has 132 valence electrons. The molecule has 1 fully saturated rings. The highest BCUT2D eigenvalue weighted by molar-refractivity contribution is 5.79. The maximum atomic E-state index is 12.7. The average molecular weight is 339 g/mol. The van der Waals surface area contributed by atoms with Gasteiger partial charge in [-0.05, 0) is 38.9 Å². The molecule has 2 heterocycles. The number of piperidine rings is 1. The van der Waals surface area contributed by atoms with Crippen LogP contribution in [0, 0.1) is 0 Å². The van der Waals surface area contributed by atoms with E-state index < -0.39 is 0 Å². The molecule has 1 aliphatic rings. The van der Waals surface area contributed by atoms with Crippen molar-refractivity contribution < 1.29 is 4.79 Å². The third-order valence-corrected chi connectivity index (χ3v) is 4.51. The zero-order valence-electron chi connectivity index (χ0n) is 14.9. The summed E-state index contributed by atoms with van der Waals surface area (Å²) >= 11 is 0. The number of hydrogen-bond acceptors (Lipinski definition) is 5. The fraction of sp³-hybridized carbons (Fsp3) is 0.421. The number of hydrogen-bond donors (Lipinski definition) is 1. The summed E-state index contributed by atoms with van der Waals surface area (Å²) in [6, 6.07) is 9.98. The lowest BCUT2D eigenvalue weighted by molar-refractivity contribution is -0.135. The molecule has 3 rings (SSSR count). The van der Waals surface area contributed by atoms with Crippen LogP contribution in [0.5, 0.6) is 0 Å². The minimum absolute atomic E-state index is 0.0540. The van der Waals surface area contributed by atoms with Crippen molar-refractivity contribution in [2.24, 2.45) is 0 Å². The van der Waals surface area contributed by atoms with Gasteiger partial charge in [0.1, 0.15) is 0 Å². The van der Waals surface area contributed by atoms with Crippen molar-refractivity contribution in [1.29, 1.82) is 0 Å². The molecular formula is C19H25N5O. The number of nitrogen functional groups attached to an aromatic ring is 1. The van der Waals surface area contributed by atoms with Crippen LogP contribution < -0.4 is 5.73 Å². The van der Waals surface area contributed by atoms with Gasteiger partial charge in [0.15, 0.2) is 0 Å². The summed E-state index contributed by atoms with van der Waals surface area (Å²) in [7, 11) is 3.82. The van der Waals surface area contributed by atoms with Crippen molar-refractivity contribution in [3.63, 3.8) is 0 Å². The zero-order chi connectivity index (χ0) is 17.8. The van der Waals surface area contributed by atoms with Crippen LogP contribution in [0.25, 0.3) is 11.1 Å². The van der Waals surface area contributed by atoms with E-state index in [0.717, 1.165) is 42.6 Å². The molecule has 0 saturated carbocycles. The Hall–Kier alpha value is -2.47. The molecule has 1 unspecified atom stereocenters. The van der Waals surface area contributed by atoms with Gasteiger partial charge in [-0.15, -0.1) is 0 Å². The highest BCUT2D eigenvalue weighted by Crippen LogP contribution is 2.35. The van der Waals surface area contributed by atoms with Crippen LogP contribution >= 0.6 is 0 Å². The lowest BCUT2D eigenvalue weighted by Crippen LogP contribution is -2.43. The molecule has 6 heteroatoms. The number of carbonyl (C=O) groups excluding carboxylic acids is 1. The number of carbonyl (C=O) groups is 1. The van der Waals surface area contributed by atoms with Crippen molar-refractivity contribution in [1.82, 2.24) is 19.8 Å². The zero-order valence-corrected chi connectivity index (χ0v) is 14.9. The number of likely N-dealkylation sites (N-methyl/N-ethyl adjacent to an activating group) is 1. The van der Waals surface area contributed by atoms with Crippen LogP contribution in [-0.2, 0) is 4.79 Å². The summed E-state index contributed by atoms with van der Waals surface area (Å²) in [5.74, 6) is 0.381.